The summed E-state index contributed by atoms with van der Waals surface area (Å²) in [6.45, 7) is 3.88. The van der Waals surface area contributed by atoms with Crippen molar-refractivity contribution < 1.29 is 21.6 Å². The molecule has 1 N–H and O–H groups in total. The molecule has 0 saturated heterocycles. The number of sulfonamides is 1. The number of nitriles is 1. The van der Waals surface area contributed by atoms with Crippen LogP contribution in [-0.4, -0.2) is 14.2 Å². The van der Waals surface area contributed by atoms with E-state index in [2.05, 4.69) is 4.72 Å². The second-order valence-corrected chi connectivity index (χ2v) is 9.18. The van der Waals surface area contributed by atoms with Crippen LogP contribution in [0.15, 0.2) is 46.2 Å². The number of nitrogens with one attached hydrogen (secondary N) is 1. The molecule has 0 atom stereocenters. The van der Waals surface area contributed by atoms with Crippen LogP contribution < -0.4 is 4.72 Å². The highest BCUT2D eigenvalue weighted by Crippen LogP contribution is 2.35. The van der Waals surface area contributed by atoms with Crippen molar-refractivity contribution >= 4 is 27.5 Å². The quantitative estimate of drug-likeness (QED) is 0.522. The van der Waals surface area contributed by atoms with E-state index >= 15 is 0 Å². The number of hydrogen-bond donors (Lipinski definition) is 1. The predicted octanol–water partition coefficient (Wildman–Crippen LogP) is 5.83. The monoisotopic (exact) mass is 442 g/mol. The molecular weight excluding hydrogens is 421 g/mol. The van der Waals surface area contributed by atoms with Gasteiger partial charge in [0.1, 0.15) is 4.90 Å². The first-order chi connectivity index (χ1) is 13.6. The van der Waals surface area contributed by atoms with Crippen LogP contribution in [0.4, 0.5) is 18.9 Å². The highest BCUT2D eigenvalue weighted by atomic mass is 32.2. The number of anilines is 1. The fourth-order valence-electron chi connectivity index (χ4n) is 2.85. The molecule has 0 radical (unpaired) electrons. The standard InChI is InChI=1S/C20H21F3N2O2S2/c1-3-5-7-14-8-6-9-18(28-4-2)19(14)29(26,27)25-16-11-10-15(13-24)17(12-16)20(21,22)23/h6,8-12,25H,3-5,7H2,1-2H3. The molecule has 0 aliphatic carbocycles. The molecule has 156 valence electrons. The van der Waals surface area contributed by atoms with E-state index < -0.39 is 27.3 Å². The Morgan fingerprint density at radius 2 is 1.90 bits per heavy atom. The first-order valence-electron chi connectivity index (χ1n) is 9.02. The summed E-state index contributed by atoms with van der Waals surface area (Å²) in [4.78, 5) is 0.650. The topological polar surface area (TPSA) is 70.0 Å². The lowest BCUT2D eigenvalue weighted by atomic mass is 10.1. The smallest absolute Gasteiger partial charge is 0.280 e. The maximum Gasteiger partial charge on any atom is 0.417 e. The van der Waals surface area contributed by atoms with Crippen LogP contribution in [0.25, 0.3) is 0 Å². The predicted molar refractivity (Wildman–Crippen MR) is 108 cm³/mol. The Labute approximate surface area is 173 Å². The van der Waals surface area contributed by atoms with E-state index in [1.165, 1.54) is 17.8 Å². The van der Waals surface area contributed by atoms with E-state index in [0.29, 0.717) is 28.7 Å². The Kier molecular flexibility index (Phi) is 7.60. The Balaban J connectivity index is 2.53. The number of rotatable bonds is 8. The van der Waals surface area contributed by atoms with Gasteiger partial charge in [0, 0.05) is 10.6 Å². The molecule has 0 bridgehead atoms. The molecule has 29 heavy (non-hydrogen) atoms. The number of unbranched alkanes of at least 4 members (excludes halogenated alkanes) is 1. The van der Waals surface area contributed by atoms with Gasteiger partial charge in [0.25, 0.3) is 10.0 Å². The van der Waals surface area contributed by atoms with Crippen LogP contribution in [-0.2, 0) is 22.6 Å². The van der Waals surface area contributed by atoms with E-state index in [4.69, 9.17) is 5.26 Å². The third-order valence-corrected chi connectivity index (χ3v) is 6.72. The number of aryl methyl sites for hydroxylation is 1. The molecular formula is C20H21F3N2O2S2. The molecule has 0 aliphatic heterocycles. The lowest BCUT2D eigenvalue weighted by Crippen LogP contribution is -2.17. The first kappa shape index (κ1) is 23.1. The number of halogens is 3. The van der Waals surface area contributed by atoms with Gasteiger partial charge in [-0.1, -0.05) is 32.4 Å². The zero-order valence-electron chi connectivity index (χ0n) is 16.0. The van der Waals surface area contributed by atoms with Gasteiger partial charge in [-0.2, -0.15) is 18.4 Å². The molecule has 0 unspecified atom stereocenters. The van der Waals surface area contributed by atoms with Gasteiger partial charge < -0.3 is 0 Å². The summed E-state index contributed by atoms with van der Waals surface area (Å²) in [5.41, 5.74) is -1.36. The van der Waals surface area contributed by atoms with Crippen LogP contribution in [0.1, 0.15) is 43.4 Å². The van der Waals surface area contributed by atoms with Crippen molar-refractivity contribution in [3.05, 3.63) is 53.1 Å². The second kappa shape index (κ2) is 9.55. The Hall–Kier alpha value is -2.18. The minimum absolute atomic E-state index is 0.0956. The summed E-state index contributed by atoms with van der Waals surface area (Å²) in [6.07, 6.45) is -2.55. The van der Waals surface area contributed by atoms with Gasteiger partial charge in [-0.3, -0.25) is 4.72 Å². The molecule has 0 fully saturated rings. The Morgan fingerprint density at radius 3 is 2.48 bits per heavy atom. The average Bonchev–Trinajstić information content (AvgIpc) is 2.65. The van der Waals surface area contributed by atoms with E-state index in [1.54, 1.807) is 18.2 Å². The van der Waals surface area contributed by atoms with Crippen molar-refractivity contribution in [3.63, 3.8) is 0 Å². The zero-order chi connectivity index (χ0) is 21.7. The van der Waals surface area contributed by atoms with Gasteiger partial charge in [-0.25, -0.2) is 8.42 Å². The summed E-state index contributed by atoms with van der Waals surface area (Å²) in [5.74, 6) is 0.648. The number of hydrogen-bond acceptors (Lipinski definition) is 4. The van der Waals surface area contributed by atoms with E-state index in [9.17, 15) is 21.6 Å². The van der Waals surface area contributed by atoms with Gasteiger partial charge >= 0.3 is 6.18 Å². The Bertz CT molecular complexity index is 1010. The number of benzene rings is 2. The number of alkyl halides is 3. The Morgan fingerprint density at radius 1 is 1.17 bits per heavy atom. The minimum Gasteiger partial charge on any atom is -0.280 e. The normalized spacial score (nSPS) is 11.9. The molecule has 0 aliphatic rings. The van der Waals surface area contributed by atoms with Gasteiger partial charge in [0.05, 0.1) is 17.2 Å². The number of nitrogens with zero attached hydrogens (tertiary/aromatic N) is 1. The van der Waals surface area contributed by atoms with Gasteiger partial charge in [-0.05, 0) is 48.4 Å². The summed E-state index contributed by atoms with van der Waals surface area (Å²) >= 11 is 1.36. The lowest BCUT2D eigenvalue weighted by molar-refractivity contribution is -0.137. The summed E-state index contributed by atoms with van der Waals surface area (Å²) in [7, 11) is -4.13. The molecule has 0 aromatic heterocycles. The summed E-state index contributed by atoms with van der Waals surface area (Å²) in [6, 6.07) is 9.46. The van der Waals surface area contributed by atoms with Crippen molar-refractivity contribution in [2.45, 2.75) is 49.1 Å². The van der Waals surface area contributed by atoms with Crippen molar-refractivity contribution in [2.24, 2.45) is 0 Å². The van der Waals surface area contributed by atoms with Crippen molar-refractivity contribution in [1.82, 2.24) is 0 Å². The van der Waals surface area contributed by atoms with E-state index in [1.807, 2.05) is 13.8 Å². The molecule has 0 heterocycles. The lowest BCUT2D eigenvalue weighted by Gasteiger charge is -2.17. The van der Waals surface area contributed by atoms with Gasteiger partial charge in [-0.15, -0.1) is 11.8 Å². The van der Waals surface area contributed by atoms with E-state index in [-0.39, 0.29) is 10.6 Å². The van der Waals surface area contributed by atoms with Crippen LogP contribution in [0.3, 0.4) is 0 Å². The molecule has 9 heteroatoms. The third-order valence-electron chi connectivity index (χ3n) is 4.13. The third kappa shape index (κ3) is 5.67. The second-order valence-electron chi connectivity index (χ2n) is 6.26. The minimum atomic E-state index is -4.77. The molecule has 0 amide bonds. The van der Waals surface area contributed by atoms with Gasteiger partial charge in [0.2, 0.25) is 0 Å². The first-order valence-corrected chi connectivity index (χ1v) is 11.5. The fraction of sp³-hybridized carbons (Fsp3) is 0.350. The van der Waals surface area contributed by atoms with Crippen molar-refractivity contribution in [2.75, 3.05) is 10.5 Å². The van der Waals surface area contributed by atoms with Crippen LogP contribution >= 0.6 is 11.8 Å². The fourth-order valence-corrected chi connectivity index (χ4v) is 5.49. The summed E-state index contributed by atoms with van der Waals surface area (Å²) in [5, 5.41) is 8.91. The SMILES string of the molecule is CCCCc1cccc(SCC)c1S(=O)(=O)Nc1ccc(C#N)c(C(F)(F)F)c1. The molecule has 0 saturated carbocycles. The van der Waals surface area contributed by atoms with Crippen LogP contribution in [0, 0.1) is 11.3 Å². The molecule has 2 aromatic carbocycles. The highest BCUT2D eigenvalue weighted by molar-refractivity contribution is 8.00. The molecule has 2 rings (SSSR count). The van der Waals surface area contributed by atoms with Crippen LogP contribution in [0.2, 0.25) is 0 Å². The largest absolute Gasteiger partial charge is 0.417 e. The van der Waals surface area contributed by atoms with Crippen LogP contribution in [0.5, 0.6) is 0 Å². The maximum absolute atomic E-state index is 13.2. The van der Waals surface area contributed by atoms with E-state index in [0.717, 1.165) is 25.0 Å². The van der Waals surface area contributed by atoms with Gasteiger partial charge in [0.15, 0.2) is 0 Å². The average molecular weight is 443 g/mol. The number of thioether (sulfide) groups is 1. The highest BCUT2D eigenvalue weighted by Gasteiger charge is 2.34. The summed E-state index contributed by atoms with van der Waals surface area (Å²) < 4.78 is 68.1. The van der Waals surface area contributed by atoms with Crippen molar-refractivity contribution in [1.29, 1.82) is 5.26 Å². The molecule has 0 spiro atoms. The zero-order valence-corrected chi connectivity index (χ0v) is 17.6. The molecule has 4 nitrogen and oxygen atoms in total. The maximum atomic E-state index is 13.2. The molecule has 2 aromatic rings. The van der Waals surface area contributed by atoms with Crippen molar-refractivity contribution in [3.8, 4) is 6.07 Å².